The van der Waals surface area contributed by atoms with E-state index in [1.165, 1.54) is 0 Å². The number of benzene rings is 1. The Morgan fingerprint density at radius 3 is 2.42 bits per heavy atom. The molecule has 0 bridgehead atoms. The summed E-state index contributed by atoms with van der Waals surface area (Å²) in [5, 5.41) is 18.4. The zero-order valence-corrected chi connectivity index (χ0v) is 6.36. The maximum Gasteiger partial charge on any atom is 0.188 e. The van der Waals surface area contributed by atoms with Crippen LogP contribution in [-0.2, 0) is 0 Å². The van der Waals surface area contributed by atoms with Crippen LogP contribution in [0.1, 0.15) is 5.56 Å². The second-order valence-corrected chi connectivity index (χ2v) is 2.23. The molecule has 4 heteroatoms. The highest BCUT2D eigenvalue weighted by Gasteiger charge is 2.04. The SMILES string of the molecule is N=C(/C(N)=N/O)c1ccccc1. The van der Waals surface area contributed by atoms with E-state index < -0.39 is 0 Å². The number of nitrogens with two attached hydrogens (primary N) is 1. The molecule has 4 N–H and O–H groups in total. The van der Waals surface area contributed by atoms with E-state index in [2.05, 4.69) is 5.16 Å². The highest BCUT2D eigenvalue weighted by atomic mass is 16.4. The van der Waals surface area contributed by atoms with Gasteiger partial charge in [0.1, 0.15) is 5.71 Å². The van der Waals surface area contributed by atoms with Crippen molar-refractivity contribution in [1.29, 1.82) is 5.41 Å². The molecule has 1 aromatic rings. The minimum absolute atomic E-state index is 0.0260. The average molecular weight is 163 g/mol. The summed E-state index contributed by atoms with van der Waals surface area (Å²) in [6.07, 6.45) is 0. The van der Waals surface area contributed by atoms with Gasteiger partial charge in [-0.15, -0.1) is 0 Å². The van der Waals surface area contributed by atoms with Gasteiger partial charge >= 0.3 is 0 Å². The zero-order chi connectivity index (χ0) is 8.97. The van der Waals surface area contributed by atoms with Gasteiger partial charge in [-0.1, -0.05) is 35.5 Å². The van der Waals surface area contributed by atoms with E-state index in [0.29, 0.717) is 5.56 Å². The van der Waals surface area contributed by atoms with Gasteiger partial charge in [0.25, 0.3) is 0 Å². The van der Waals surface area contributed by atoms with Gasteiger partial charge in [0.2, 0.25) is 0 Å². The minimum atomic E-state index is -0.179. The lowest BCUT2D eigenvalue weighted by molar-refractivity contribution is 0.319. The zero-order valence-electron chi connectivity index (χ0n) is 6.36. The van der Waals surface area contributed by atoms with E-state index in [4.69, 9.17) is 16.4 Å². The predicted octanol–water partition coefficient (Wildman–Crippen LogP) is 0.801. The Kier molecular flexibility index (Phi) is 2.42. The first-order valence-corrected chi connectivity index (χ1v) is 3.37. The number of hydrogen-bond donors (Lipinski definition) is 3. The minimum Gasteiger partial charge on any atom is -0.409 e. The van der Waals surface area contributed by atoms with E-state index in [1.54, 1.807) is 24.3 Å². The standard InChI is InChI=1S/C8H9N3O/c9-7(8(10)11-12)6-4-2-1-3-5-6/h1-5,9,12H,(H2,10,11). The quantitative estimate of drug-likeness (QED) is 0.261. The Bertz CT molecular complexity index is 305. The van der Waals surface area contributed by atoms with Crippen LogP contribution in [-0.4, -0.2) is 16.8 Å². The van der Waals surface area contributed by atoms with Gasteiger partial charge < -0.3 is 10.9 Å². The van der Waals surface area contributed by atoms with Crippen LogP contribution in [0, 0.1) is 5.41 Å². The normalized spacial score (nSPS) is 11.2. The number of nitrogens with zero attached hydrogens (tertiary/aromatic N) is 1. The van der Waals surface area contributed by atoms with Crippen LogP contribution >= 0.6 is 0 Å². The molecule has 0 saturated carbocycles. The molecule has 1 rings (SSSR count). The Labute approximate surface area is 69.8 Å². The molecule has 12 heavy (non-hydrogen) atoms. The smallest absolute Gasteiger partial charge is 0.188 e. The highest BCUT2D eigenvalue weighted by Crippen LogP contribution is 1.99. The van der Waals surface area contributed by atoms with E-state index in [9.17, 15) is 0 Å². The van der Waals surface area contributed by atoms with Crippen molar-refractivity contribution < 1.29 is 5.21 Å². The molecule has 4 nitrogen and oxygen atoms in total. The van der Waals surface area contributed by atoms with Crippen molar-refractivity contribution in [3.05, 3.63) is 35.9 Å². The molecule has 1 aromatic carbocycles. The monoisotopic (exact) mass is 163 g/mol. The van der Waals surface area contributed by atoms with Gasteiger partial charge in [0, 0.05) is 5.56 Å². The molecule has 0 aliphatic rings. The van der Waals surface area contributed by atoms with E-state index in [1.807, 2.05) is 6.07 Å². The van der Waals surface area contributed by atoms with Crippen molar-refractivity contribution in [3.8, 4) is 0 Å². The van der Waals surface area contributed by atoms with Gasteiger partial charge in [-0.25, -0.2) is 0 Å². The van der Waals surface area contributed by atoms with E-state index >= 15 is 0 Å². The number of oxime groups is 1. The third kappa shape index (κ3) is 1.60. The van der Waals surface area contributed by atoms with Crippen LogP contribution in [0.5, 0.6) is 0 Å². The largest absolute Gasteiger partial charge is 0.409 e. The van der Waals surface area contributed by atoms with Crippen LogP contribution in [0.15, 0.2) is 35.5 Å². The second-order valence-electron chi connectivity index (χ2n) is 2.23. The van der Waals surface area contributed by atoms with Crippen LogP contribution < -0.4 is 5.73 Å². The van der Waals surface area contributed by atoms with Gasteiger partial charge in [0.05, 0.1) is 0 Å². The molecule has 0 heterocycles. The number of rotatable bonds is 2. The molecule has 0 radical (unpaired) electrons. The van der Waals surface area contributed by atoms with Crippen LogP contribution in [0.25, 0.3) is 0 Å². The summed E-state index contributed by atoms with van der Waals surface area (Å²) in [7, 11) is 0. The lowest BCUT2D eigenvalue weighted by atomic mass is 10.1. The van der Waals surface area contributed by atoms with Gasteiger partial charge in [-0.05, 0) is 0 Å². The van der Waals surface area contributed by atoms with Crippen molar-refractivity contribution in [2.75, 3.05) is 0 Å². The molecular formula is C8H9N3O. The number of hydrogen-bond acceptors (Lipinski definition) is 3. The summed E-state index contributed by atoms with van der Waals surface area (Å²) >= 11 is 0. The summed E-state index contributed by atoms with van der Waals surface area (Å²) in [6.45, 7) is 0. The summed E-state index contributed by atoms with van der Waals surface area (Å²) in [5.74, 6) is -0.179. The van der Waals surface area contributed by atoms with Crippen molar-refractivity contribution in [1.82, 2.24) is 0 Å². The molecule has 62 valence electrons. The van der Waals surface area contributed by atoms with Gasteiger partial charge in [-0.3, -0.25) is 5.41 Å². The molecule has 0 aromatic heterocycles. The summed E-state index contributed by atoms with van der Waals surface area (Å²) < 4.78 is 0. The Morgan fingerprint density at radius 1 is 1.33 bits per heavy atom. The first kappa shape index (κ1) is 8.26. The fraction of sp³-hybridized carbons (Fsp3) is 0. The molecule has 0 amide bonds. The maximum absolute atomic E-state index is 8.29. The predicted molar refractivity (Wildman–Crippen MR) is 46.7 cm³/mol. The van der Waals surface area contributed by atoms with Crippen molar-refractivity contribution in [2.24, 2.45) is 10.9 Å². The molecule has 0 saturated heterocycles. The Morgan fingerprint density at radius 2 is 1.92 bits per heavy atom. The van der Waals surface area contributed by atoms with Gasteiger partial charge in [-0.2, -0.15) is 0 Å². The summed E-state index contributed by atoms with van der Waals surface area (Å²) in [5.41, 5.74) is 5.88. The lowest BCUT2D eigenvalue weighted by Gasteiger charge is -1.99. The number of amidine groups is 1. The molecule has 0 spiro atoms. The Balaban J connectivity index is 2.94. The van der Waals surface area contributed by atoms with Crippen molar-refractivity contribution in [3.63, 3.8) is 0 Å². The summed E-state index contributed by atoms with van der Waals surface area (Å²) in [4.78, 5) is 0. The first-order valence-electron chi connectivity index (χ1n) is 3.37. The maximum atomic E-state index is 8.29. The van der Waals surface area contributed by atoms with Crippen molar-refractivity contribution >= 4 is 11.5 Å². The van der Waals surface area contributed by atoms with Crippen molar-refractivity contribution in [2.45, 2.75) is 0 Å². The molecule has 0 fully saturated rings. The van der Waals surface area contributed by atoms with Crippen LogP contribution in [0.2, 0.25) is 0 Å². The molecule has 0 unspecified atom stereocenters. The topological polar surface area (TPSA) is 82.5 Å². The summed E-state index contributed by atoms with van der Waals surface area (Å²) in [6, 6.07) is 8.85. The van der Waals surface area contributed by atoms with E-state index in [-0.39, 0.29) is 11.5 Å². The molecular weight excluding hydrogens is 154 g/mol. The van der Waals surface area contributed by atoms with E-state index in [0.717, 1.165) is 0 Å². The van der Waals surface area contributed by atoms with Crippen LogP contribution in [0.3, 0.4) is 0 Å². The molecule has 0 aliphatic carbocycles. The first-order chi connectivity index (χ1) is 5.75. The second kappa shape index (κ2) is 3.52. The molecule has 0 aliphatic heterocycles. The Hall–Kier alpha value is -1.84. The average Bonchev–Trinajstić information content (AvgIpc) is 2.17. The number of nitrogens with one attached hydrogen (secondary N) is 1. The third-order valence-corrected chi connectivity index (χ3v) is 1.43. The third-order valence-electron chi connectivity index (χ3n) is 1.43. The fourth-order valence-corrected chi connectivity index (χ4v) is 0.803. The molecule has 0 atom stereocenters. The highest BCUT2D eigenvalue weighted by molar-refractivity contribution is 6.45. The lowest BCUT2D eigenvalue weighted by Crippen LogP contribution is -2.23. The fourth-order valence-electron chi connectivity index (χ4n) is 0.803. The van der Waals surface area contributed by atoms with Gasteiger partial charge in [0.15, 0.2) is 5.84 Å². The van der Waals surface area contributed by atoms with Crippen LogP contribution in [0.4, 0.5) is 0 Å².